The number of rotatable bonds is 8. The van der Waals surface area contributed by atoms with Gasteiger partial charge in [-0.15, -0.1) is 0 Å². The molecule has 4 nitrogen and oxygen atoms in total. The van der Waals surface area contributed by atoms with E-state index in [1.54, 1.807) is 0 Å². The Labute approximate surface area is 140 Å². The normalized spacial score (nSPS) is 18.0. The van der Waals surface area contributed by atoms with Crippen molar-refractivity contribution in [2.45, 2.75) is 39.5 Å². The van der Waals surface area contributed by atoms with Crippen LogP contribution in [0.3, 0.4) is 0 Å². The molecule has 1 atom stereocenters. The minimum Gasteiger partial charge on any atom is -0.493 e. The largest absolute Gasteiger partial charge is 0.493 e. The highest BCUT2D eigenvalue weighted by molar-refractivity contribution is 5.78. The van der Waals surface area contributed by atoms with E-state index in [2.05, 4.69) is 24.5 Å². The maximum Gasteiger partial charge on any atom is 0.224 e. The van der Waals surface area contributed by atoms with E-state index in [-0.39, 0.29) is 5.91 Å². The molecule has 0 saturated carbocycles. The highest BCUT2D eigenvalue weighted by Crippen LogP contribution is 2.14. The zero-order valence-electron chi connectivity index (χ0n) is 14.4. The fraction of sp³-hybridized carbons (Fsp3) is 0.632. The van der Waals surface area contributed by atoms with Crippen LogP contribution in [0.5, 0.6) is 5.75 Å². The van der Waals surface area contributed by atoms with Crippen molar-refractivity contribution in [3.8, 4) is 5.75 Å². The van der Waals surface area contributed by atoms with Crippen LogP contribution in [0.4, 0.5) is 0 Å². The molecule has 0 aliphatic carbocycles. The summed E-state index contributed by atoms with van der Waals surface area (Å²) in [5.74, 6) is 2.19. The molecule has 1 fully saturated rings. The highest BCUT2D eigenvalue weighted by atomic mass is 16.5. The van der Waals surface area contributed by atoms with Crippen LogP contribution < -0.4 is 15.4 Å². The Balaban J connectivity index is 1.66. The lowest BCUT2D eigenvalue weighted by Gasteiger charge is -2.22. The van der Waals surface area contributed by atoms with Crippen LogP contribution in [0.25, 0.3) is 0 Å². The van der Waals surface area contributed by atoms with Crippen LogP contribution in [0.1, 0.15) is 38.7 Å². The summed E-state index contributed by atoms with van der Waals surface area (Å²) in [6, 6.07) is 7.83. The summed E-state index contributed by atoms with van der Waals surface area (Å²) in [4.78, 5) is 12.0. The van der Waals surface area contributed by atoms with E-state index in [1.165, 1.54) is 12.8 Å². The van der Waals surface area contributed by atoms with Gasteiger partial charge < -0.3 is 15.4 Å². The van der Waals surface area contributed by atoms with Crippen molar-refractivity contribution < 1.29 is 9.53 Å². The topological polar surface area (TPSA) is 50.4 Å². The SMILES string of the molecule is CC(C)COc1ccc(CC(=O)NCCC2CCCNC2)cc1. The van der Waals surface area contributed by atoms with E-state index < -0.39 is 0 Å². The quantitative estimate of drug-likeness (QED) is 0.775. The van der Waals surface area contributed by atoms with Crippen molar-refractivity contribution in [2.24, 2.45) is 11.8 Å². The summed E-state index contributed by atoms with van der Waals surface area (Å²) in [6.45, 7) is 7.98. The zero-order valence-corrected chi connectivity index (χ0v) is 14.4. The van der Waals surface area contributed by atoms with Gasteiger partial charge in [-0.3, -0.25) is 4.79 Å². The molecule has 1 aromatic carbocycles. The number of carbonyl (C=O) groups is 1. The van der Waals surface area contributed by atoms with Gasteiger partial charge in [-0.1, -0.05) is 26.0 Å². The van der Waals surface area contributed by atoms with Crippen molar-refractivity contribution in [1.29, 1.82) is 0 Å². The molecule has 0 spiro atoms. The number of benzene rings is 1. The third-order valence-corrected chi connectivity index (χ3v) is 4.15. The second-order valence-corrected chi connectivity index (χ2v) is 6.88. The molecule has 1 amide bonds. The number of carbonyl (C=O) groups excluding carboxylic acids is 1. The summed E-state index contributed by atoms with van der Waals surface area (Å²) >= 11 is 0. The van der Waals surface area contributed by atoms with E-state index in [9.17, 15) is 4.79 Å². The van der Waals surface area contributed by atoms with E-state index in [4.69, 9.17) is 4.74 Å². The van der Waals surface area contributed by atoms with Crippen LogP contribution >= 0.6 is 0 Å². The molecule has 1 saturated heterocycles. The second kappa shape index (κ2) is 9.56. The van der Waals surface area contributed by atoms with Crippen LogP contribution in [-0.4, -0.2) is 32.1 Å². The molecule has 128 valence electrons. The van der Waals surface area contributed by atoms with Gasteiger partial charge in [0.15, 0.2) is 0 Å². The molecule has 0 bridgehead atoms. The third kappa shape index (κ3) is 7.04. The molecular formula is C19H30N2O2. The average Bonchev–Trinajstić information content (AvgIpc) is 2.55. The maximum absolute atomic E-state index is 12.0. The monoisotopic (exact) mass is 318 g/mol. The van der Waals surface area contributed by atoms with Crippen molar-refractivity contribution in [1.82, 2.24) is 10.6 Å². The lowest BCUT2D eigenvalue weighted by molar-refractivity contribution is -0.120. The predicted octanol–water partition coefficient (Wildman–Crippen LogP) is 2.77. The molecule has 1 unspecified atom stereocenters. The molecule has 0 radical (unpaired) electrons. The fourth-order valence-electron chi connectivity index (χ4n) is 2.80. The first-order valence-corrected chi connectivity index (χ1v) is 8.82. The van der Waals surface area contributed by atoms with Gasteiger partial charge in [-0.05, 0) is 61.9 Å². The molecule has 4 heteroatoms. The molecule has 23 heavy (non-hydrogen) atoms. The molecule has 2 N–H and O–H groups in total. The highest BCUT2D eigenvalue weighted by Gasteiger charge is 2.12. The van der Waals surface area contributed by atoms with Gasteiger partial charge >= 0.3 is 0 Å². The Morgan fingerprint density at radius 2 is 2.13 bits per heavy atom. The van der Waals surface area contributed by atoms with Crippen LogP contribution in [0.15, 0.2) is 24.3 Å². The zero-order chi connectivity index (χ0) is 16.5. The lowest BCUT2D eigenvalue weighted by atomic mass is 9.96. The number of amides is 1. The Morgan fingerprint density at radius 3 is 2.78 bits per heavy atom. The molecule has 1 aliphatic heterocycles. The lowest BCUT2D eigenvalue weighted by Crippen LogP contribution is -2.33. The first-order valence-electron chi connectivity index (χ1n) is 8.82. The van der Waals surface area contributed by atoms with Gasteiger partial charge in [0.25, 0.3) is 0 Å². The summed E-state index contributed by atoms with van der Waals surface area (Å²) in [6.07, 6.45) is 4.04. The molecule has 0 aromatic heterocycles. The van der Waals surface area contributed by atoms with Gasteiger partial charge in [0.05, 0.1) is 13.0 Å². The summed E-state index contributed by atoms with van der Waals surface area (Å²) in [5, 5.41) is 6.45. The van der Waals surface area contributed by atoms with Crippen LogP contribution in [0.2, 0.25) is 0 Å². The number of ether oxygens (including phenoxy) is 1. The number of nitrogens with one attached hydrogen (secondary N) is 2. The molecule has 1 aliphatic rings. The minimum absolute atomic E-state index is 0.101. The standard InChI is InChI=1S/C19H30N2O2/c1-15(2)14-23-18-7-5-16(6-8-18)12-19(22)21-11-9-17-4-3-10-20-13-17/h5-8,15,17,20H,3-4,9-14H2,1-2H3,(H,21,22). The van der Waals surface area contributed by atoms with Gasteiger partial charge in [0, 0.05) is 6.54 Å². The van der Waals surface area contributed by atoms with Crippen molar-refractivity contribution in [3.63, 3.8) is 0 Å². The fourth-order valence-corrected chi connectivity index (χ4v) is 2.80. The van der Waals surface area contributed by atoms with Gasteiger partial charge in [0.1, 0.15) is 5.75 Å². The Bertz CT molecular complexity index is 465. The Kier molecular flexibility index (Phi) is 7.40. The number of hydrogen-bond acceptors (Lipinski definition) is 3. The van der Waals surface area contributed by atoms with E-state index in [0.717, 1.165) is 44.0 Å². The summed E-state index contributed by atoms with van der Waals surface area (Å²) in [7, 11) is 0. The van der Waals surface area contributed by atoms with Crippen LogP contribution in [-0.2, 0) is 11.2 Å². The summed E-state index contributed by atoms with van der Waals surface area (Å²) < 4.78 is 5.65. The average molecular weight is 318 g/mol. The number of piperidine rings is 1. The first-order chi connectivity index (χ1) is 11.1. The molecule has 1 heterocycles. The Hall–Kier alpha value is -1.55. The Morgan fingerprint density at radius 1 is 1.35 bits per heavy atom. The predicted molar refractivity (Wildman–Crippen MR) is 93.7 cm³/mol. The van der Waals surface area contributed by atoms with E-state index in [0.29, 0.717) is 18.3 Å². The smallest absolute Gasteiger partial charge is 0.224 e. The molecule has 2 rings (SSSR count). The van der Waals surface area contributed by atoms with E-state index >= 15 is 0 Å². The van der Waals surface area contributed by atoms with E-state index in [1.807, 2.05) is 24.3 Å². The minimum atomic E-state index is 0.101. The van der Waals surface area contributed by atoms with Crippen molar-refractivity contribution in [3.05, 3.63) is 29.8 Å². The second-order valence-electron chi connectivity index (χ2n) is 6.88. The van der Waals surface area contributed by atoms with Crippen molar-refractivity contribution >= 4 is 5.91 Å². The first kappa shape index (κ1) is 17.8. The molecular weight excluding hydrogens is 288 g/mol. The van der Waals surface area contributed by atoms with Gasteiger partial charge in [-0.25, -0.2) is 0 Å². The van der Waals surface area contributed by atoms with Gasteiger partial charge in [0.2, 0.25) is 5.91 Å². The maximum atomic E-state index is 12.0. The van der Waals surface area contributed by atoms with Crippen LogP contribution in [0, 0.1) is 11.8 Å². The van der Waals surface area contributed by atoms with Gasteiger partial charge in [-0.2, -0.15) is 0 Å². The third-order valence-electron chi connectivity index (χ3n) is 4.15. The van der Waals surface area contributed by atoms with Crippen molar-refractivity contribution in [2.75, 3.05) is 26.2 Å². The number of hydrogen-bond donors (Lipinski definition) is 2. The molecule has 1 aromatic rings. The summed E-state index contributed by atoms with van der Waals surface area (Å²) in [5.41, 5.74) is 1.03.